The highest BCUT2D eigenvalue weighted by molar-refractivity contribution is 5.86. The largest absolute Gasteiger partial charge is 0.334 e. The molecule has 3 heteroatoms. The Morgan fingerprint density at radius 3 is 2.35 bits per heavy atom. The van der Waals surface area contributed by atoms with Crippen LogP contribution in [0.25, 0.3) is 0 Å². The van der Waals surface area contributed by atoms with Crippen molar-refractivity contribution in [1.82, 2.24) is 4.90 Å². The summed E-state index contributed by atoms with van der Waals surface area (Å²) in [5.74, 6) is 0.121. The van der Waals surface area contributed by atoms with E-state index in [-0.39, 0.29) is 11.9 Å². The van der Waals surface area contributed by atoms with Gasteiger partial charge in [0.2, 0.25) is 5.91 Å². The van der Waals surface area contributed by atoms with E-state index in [1.165, 1.54) is 6.42 Å². The molecule has 0 bridgehead atoms. The third-order valence-electron chi connectivity index (χ3n) is 4.25. The van der Waals surface area contributed by atoms with Crippen LogP contribution in [0.2, 0.25) is 0 Å². The molecular weight excluding hydrogens is 248 g/mol. The predicted octanol–water partition coefficient (Wildman–Crippen LogP) is 3.09. The predicted molar refractivity (Wildman–Crippen MR) is 82.1 cm³/mol. The normalized spacial score (nSPS) is 18.0. The maximum Gasteiger partial charge on any atom is 0.243 e. The minimum atomic E-state index is -0.642. The molecular formula is C17H26N2O. The second-order valence-corrected chi connectivity index (χ2v) is 6.23. The summed E-state index contributed by atoms with van der Waals surface area (Å²) in [6.45, 7) is 4.77. The van der Waals surface area contributed by atoms with Crippen LogP contribution in [0, 0.1) is 0 Å². The molecule has 0 unspecified atom stereocenters. The molecule has 1 saturated carbocycles. The van der Waals surface area contributed by atoms with E-state index in [9.17, 15) is 4.79 Å². The van der Waals surface area contributed by atoms with Crippen molar-refractivity contribution in [2.24, 2.45) is 5.73 Å². The molecule has 0 aliphatic heterocycles. The lowest BCUT2D eigenvalue weighted by Crippen LogP contribution is -2.57. The summed E-state index contributed by atoms with van der Waals surface area (Å²) in [6.07, 6.45) is 4.99. The molecule has 110 valence electrons. The lowest BCUT2D eigenvalue weighted by Gasteiger charge is -2.38. The average Bonchev–Trinajstić information content (AvgIpc) is 2.45. The highest BCUT2D eigenvalue weighted by Crippen LogP contribution is 2.29. The van der Waals surface area contributed by atoms with E-state index >= 15 is 0 Å². The summed E-state index contributed by atoms with van der Waals surface area (Å²) < 4.78 is 0. The molecule has 1 aliphatic rings. The SMILES string of the molecule is CC(C)N(Cc1ccccc1)C(=O)C1(N)CCCCC1. The average molecular weight is 274 g/mol. The molecule has 2 N–H and O–H groups in total. The fraction of sp³-hybridized carbons (Fsp3) is 0.588. The highest BCUT2D eigenvalue weighted by Gasteiger charge is 2.39. The second kappa shape index (κ2) is 6.40. The van der Waals surface area contributed by atoms with E-state index in [1.54, 1.807) is 0 Å². The van der Waals surface area contributed by atoms with Gasteiger partial charge in [0.1, 0.15) is 0 Å². The quantitative estimate of drug-likeness (QED) is 0.917. The van der Waals surface area contributed by atoms with Gasteiger partial charge in [0, 0.05) is 12.6 Å². The molecule has 0 radical (unpaired) electrons. The van der Waals surface area contributed by atoms with E-state index in [0.29, 0.717) is 6.54 Å². The fourth-order valence-electron chi connectivity index (χ4n) is 2.95. The molecule has 0 spiro atoms. The lowest BCUT2D eigenvalue weighted by atomic mass is 9.81. The molecule has 20 heavy (non-hydrogen) atoms. The number of hydrogen-bond donors (Lipinski definition) is 1. The fourth-order valence-corrected chi connectivity index (χ4v) is 2.95. The Kier molecular flexibility index (Phi) is 4.81. The third kappa shape index (κ3) is 3.40. The van der Waals surface area contributed by atoms with E-state index in [2.05, 4.69) is 26.0 Å². The van der Waals surface area contributed by atoms with Crippen molar-refractivity contribution in [1.29, 1.82) is 0 Å². The van der Waals surface area contributed by atoms with Gasteiger partial charge >= 0.3 is 0 Å². The van der Waals surface area contributed by atoms with Gasteiger partial charge in [0.15, 0.2) is 0 Å². The maximum atomic E-state index is 12.9. The zero-order valence-electron chi connectivity index (χ0n) is 12.6. The number of rotatable bonds is 4. The van der Waals surface area contributed by atoms with E-state index in [4.69, 9.17) is 5.73 Å². The second-order valence-electron chi connectivity index (χ2n) is 6.23. The van der Waals surface area contributed by atoms with E-state index in [0.717, 1.165) is 31.2 Å². The monoisotopic (exact) mass is 274 g/mol. The summed E-state index contributed by atoms with van der Waals surface area (Å²) in [7, 11) is 0. The first-order valence-corrected chi connectivity index (χ1v) is 7.67. The molecule has 1 fully saturated rings. The Morgan fingerprint density at radius 1 is 1.20 bits per heavy atom. The van der Waals surface area contributed by atoms with Gasteiger partial charge in [-0.15, -0.1) is 0 Å². The summed E-state index contributed by atoms with van der Waals surface area (Å²) in [5, 5.41) is 0. The molecule has 1 amide bonds. The maximum absolute atomic E-state index is 12.9. The van der Waals surface area contributed by atoms with E-state index in [1.807, 2.05) is 23.1 Å². The van der Waals surface area contributed by atoms with Gasteiger partial charge in [-0.1, -0.05) is 49.6 Å². The van der Waals surface area contributed by atoms with Crippen molar-refractivity contribution >= 4 is 5.91 Å². The van der Waals surface area contributed by atoms with Crippen LogP contribution >= 0.6 is 0 Å². The van der Waals surface area contributed by atoms with Gasteiger partial charge in [0.05, 0.1) is 5.54 Å². The zero-order chi connectivity index (χ0) is 14.6. The van der Waals surface area contributed by atoms with Crippen LogP contribution in [0.15, 0.2) is 30.3 Å². The standard InChI is InChI=1S/C17H26N2O/c1-14(2)19(13-15-9-5-3-6-10-15)16(20)17(18)11-7-4-8-12-17/h3,5-6,9-10,14H,4,7-8,11-13,18H2,1-2H3. The van der Waals surface area contributed by atoms with Gasteiger partial charge in [-0.3, -0.25) is 4.79 Å². The number of benzene rings is 1. The minimum absolute atomic E-state index is 0.121. The van der Waals surface area contributed by atoms with E-state index < -0.39 is 5.54 Å². The van der Waals surface area contributed by atoms with Gasteiger partial charge in [-0.25, -0.2) is 0 Å². The topological polar surface area (TPSA) is 46.3 Å². The number of hydrogen-bond acceptors (Lipinski definition) is 2. The van der Waals surface area contributed by atoms with Gasteiger partial charge in [-0.05, 0) is 32.3 Å². The van der Waals surface area contributed by atoms with Crippen LogP contribution in [0.5, 0.6) is 0 Å². The van der Waals surface area contributed by atoms with Gasteiger partial charge in [-0.2, -0.15) is 0 Å². The van der Waals surface area contributed by atoms with Crippen molar-refractivity contribution < 1.29 is 4.79 Å². The first kappa shape index (κ1) is 15.0. The third-order valence-corrected chi connectivity index (χ3v) is 4.25. The summed E-state index contributed by atoms with van der Waals surface area (Å²) in [6, 6.07) is 10.3. The lowest BCUT2D eigenvalue weighted by molar-refractivity contribution is -0.140. The molecule has 1 aromatic rings. The Labute approximate surface area is 122 Å². The Bertz CT molecular complexity index is 436. The number of amides is 1. The van der Waals surface area contributed by atoms with Crippen molar-refractivity contribution in [2.45, 2.75) is 64.1 Å². The van der Waals surface area contributed by atoms with Crippen LogP contribution in [0.3, 0.4) is 0 Å². The first-order valence-electron chi connectivity index (χ1n) is 7.67. The van der Waals surface area contributed by atoms with Gasteiger partial charge in [0.25, 0.3) is 0 Å². The smallest absolute Gasteiger partial charge is 0.243 e. The highest BCUT2D eigenvalue weighted by atomic mass is 16.2. The first-order chi connectivity index (χ1) is 9.53. The number of nitrogens with two attached hydrogens (primary N) is 1. The van der Waals surface area contributed by atoms with Crippen LogP contribution in [-0.4, -0.2) is 22.4 Å². The molecule has 1 aromatic carbocycles. The Hall–Kier alpha value is -1.35. The molecule has 0 aromatic heterocycles. The number of carbonyl (C=O) groups excluding carboxylic acids is 1. The molecule has 2 rings (SSSR count). The van der Waals surface area contributed by atoms with Crippen LogP contribution in [0.4, 0.5) is 0 Å². The molecule has 0 atom stereocenters. The van der Waals surface area contributed by atoms with Crippen molar-refractivity contribution in [2.75, 3.05) is 0 Å². The minimum Gasteiger partial charge on any atom is -0.334 e. The zero-order valence-corrected chi connectivity index (χ0v) is 12.6. The van der Waals surface area contributed by atoms with Gasteiger partial charge < -0.3 is 10.6 Å². The summed E-state index contributed by atoms with van der Waals surface area (Å²) >= 11 is 0. The van der Waals surface area contributed by atoms with Crippen LogP contribution in [-0.2, 0) is 11.3 Å². The number of nitrogens with zero attached hydrogens (tertiary/aromatic N) is 1. The Morgan fingerprint density at radius 2 is 1.80 bits per heavy atom. The molecule has 0 saturated heterocycles. The molecule has 0 heterocycles. The molecule has 1 aliphatic carbocycles. The number of carbonyl (C=O) groups is 1. The summed E-state index contributed by atoms with van der Waals surface area (Å²) in [5.41, 5.74) is 6.92. The van der Waals surface area contributed by atoms with Crippen molar-refractivity contribution in [3.63, 3.8) is 0 Å². The summed E-state index contributed by atoms with van der Waals surface area (Å²) in [4.78, 5) is 14.8. The van der Waals surface area contributed by atoms with Crippen LogP contribution in [0.1, 0.15) is 51.5 Å². The Balaban J connectivity index is 2.13. The van der Waals surface area contributed by atoms with Crippen molar-refractivity contribution in [3.05, 3.63) is 35.9 Å². The van der Waals surface area contributed by atoms with Crippen molar-refractivity contribution in [3.8, 4) is 0 Å². The molecule has 3 nitrogen and oxygen atoms in total. The van der Waals surface area contributed by atoms with Crippen LogP contribution < -0.4 is 5.73 Å².